The predicted molar refractivity (Wildman–Crippen MR) is 152 cm³/mol. The van der Waals surface area contributed by atoms with Crippen molar-refractivity contribution in [3.05, 3.63) is 71.4 Å². The molecule has 4 rings (SSSR count). The summed E-state index contributed by atoms with van der Waals surface area (Å²) in [7, 11) is 1.71. The molecule has 2 aromatic heterocycles. The van der Waals surface area contributed by atoms with Gasteiger partial charge in [-0.2, -0.15) is 17.7 Å². The van der Waals surface area contributed by atoms with Gasteiger partial charge in [0.25, 0.3) is 0 Å². The number of rotatable bonds is 9. The second-order valence-corrected chi connectivity index (χ2v) is 11.2. The zero-order valence-electron chi connectivity index (χ0n) is 24.4. The molecule has 43 heavy (non-hydrogen) atoms. The third-order valence-electron chi connectivity index (χ3n) is 7.59. The molecule has 1 amide bonds. The highest BCUT2D eigenvalue weighted by Crippen LogP contribution is 2.40. The maximum atomic E-state index is 15.5. The summed E-state index contributed by atoms with van der Waals surface area (Å²) >= 11 is 0. The van der Waals surface area contributed by atoms with Gasteiger partial charge < -0.3 is 20.1 Å². The number of halogens is 4. The Morgan fingerprint density at radius 1 is 1.19 bits per heavy atom. The van der Waals surface area contributed by atoms with Gasteiger partial charge in [0.1, 0.15) is 5.56 Å². The van der Waals surface area contributed by atoms with Crippen LogP contribution >= 0.6 is 0 Å². The quantitative estimate of drug-likeness (QED) is 0.209. The average molecular weight is 604 g/mol. The van der Waals surface area contributed by atoms with Crippen LogP contribution < -0.4 is 19.5 Å². The van der Waals surface area contributed by atoms with E-state index in [1.54, 1.807) is 50.0 Å². The van der Waals surface area contributed by atoms with Gasteiger partial charge in [0.2, 0.25) is 11.8 Å². The van der Waals surface area contributed by atoms with Gasteiger partial charge in [0.15, 0.2) is 30.5 Å². The van der Waals surface area contributed by atoms with Crippen molar-refractivity contribution in [2.24, 2.45) is 11.8 Å². The number of hydrogen-bond donors (Lipinski definition) is 2. The molecule has 8 nitrogen and oxygen atoms in total. The summed E-state index contributed by atoms with van der Waals surface area (Å²) in [5.41, 5.74) is -0.945. The molecule has 0 spiro atoms. The molecule has 0 unspecified atom stereocenters. The lowest BCUT2D eigenvalue weighted by atomic mass is 9.82. The Hall–Kier alpha value is -4.22. The fourth-order valence-corrected chi connectivity index (χ4v) is 5.30. The molecule has 1 aromatic carbocycles. The standard InChI is InChI=1S/C31H34F4N4O4/c1-18(2)39(29(40)21-9-7-19(3)8-10-21)26-14-25(32)27(13-23(26)30(41)42)43-28-24(31(33,34)35)12-20(15-37-28)16-38-11-5-6-22(17-38)36-4/h5-6,11-15,17-19,21,36H,7-10,16H2,1-4H3/p+1. The third-order valence-corrected chi connectivity index (χ3v) is 7.59. The Morgan fingerprint density at radius 2 is 1.88 bits per heavy atom. The largest absolute Gasteiger partial charge is 0.478 e. The first-order valence-electron chi connectivity index (χ1n) is 14.1. The van der Waals surface area contributed by atoms with Crippen LogP contribution in [0.25, 0.3) is 0 Å². The number of anilines is 2. The van der Waals surface area contributed by atoms with E-state index >= 15 is 4.39 Å². The number of carboxylic acids is 1. The normalized spacial score (nSPS) is 17.0. The molecule has 1 aliphatic rings. The smallest absolute Gasteiger partial charge is 0.421 e. The second-order valence-electron chi connectivity index (χ2n) is 11.2. The first kappa shape index (κ1) is 31.7. The molecule has 1 aliphatic carbocycles. The lowest BCUT2D eigenvalue weighted by molar-refractivity contribution is -0.687. The molecule has 1 fully saturated rings. The molecule has 0 radical (unpaired) electrons. The highest BCUT2D eigenvalue weighted by atomic mass is 19.4. The van der Waals surface area contributed by atoms with Gasteiger partial charge in [-0.05, 0) is 57.6 Å². The summed E-state index contributed by atoms with van der Waals surface area (Å²) < 4.78 is 64.6. The van der Waals surface area contributed by atoms with E-state index in [1.807, 2.05) is 0 Å². The number of nitrogens with zero attached hydrogens (tertiary/aromatic N) is 3. The molecule has 12 heteroatoms. The zero-order chi connectivity index (χ0) is 31.5. The minimum atomic E-state index is -4.90. The van der Waals surface area contributed by atoms with Crippen LogP contribution in [0, 0.1) is 17.7 Å². The number of pyridine rings is 2. The molecule has 0 aliphatic heterocycles. The van der Waals surface area contributed by atoms with Gasteiger partial charge in [0, 0.05) is 49.0 Å². The number of amides is 1. The topological polar surface area (TPSA) is 95.6 Å². The van der Waals surface area contributed by atoms with Crippen LogP contribution in [-0.2, 0) is 17.5 Å². The van der Waals surface area contributed by atoms with Gasteiger partial charge in [-0.1, -0.05) is 6.92 Å². The summed E-state index contributed by atoms with van der Waals surface area (Å²) in [5.74, 6) is -4.48. The number of carbonyl (C=O) groups is 2. The third kappa shape index (κ3) is 7.41. The summed E-state index contributed by atoms with van der Waals surface area (Å²) in [6.45, 7) is 5.54. The van der Waals surface area contributed by atoms with Crippen LogP contribution in [0.15, 0.2) is 48.9 Å². The number of benzene rings is 1. The van der Waals surface area contributed by atoms with Crippen LogP contribution in [0.4, 0.5) is 28.9 Å². The number of aromatic nitrogens is 2. The van der Waals surface area contributed by atoms with Crippen molar-refractivity contribution in [1.29, 1.82) is 0 Å². The summed E-state index contributed by atoms with van der Waals surface area (Å²) in [6.07, 6.45) is 2.64. The van der Waals surface area contributed by atoms with Crippen LogP contribution in [0.5, 0.6) is 11.6 Å². The van der Waals surface area contributed by atoms with Crippen molar-refractivity contribution in [1.82, 2.24) is 4.98 Å². The van der Waals surface area contributed by atoms with Crippen molar-refractivity contribution < 1.29 is 41.6 Å². The Morgan fingerprint density at radius 3 is 2.49 bits per heavy atom. The van der Waals surface area contributed by atoms with E-state index in [4.69, 9.17) is 4.74 Å². The van der Waals surface area contributed by atoms with Crippen molar-refractivity contribution in [2.45, 2.75) is 65.2 Å². The molecule has 2 heterocycles. The van der Waals surface area contributed by atoms with Gasteiger partial charge in [-0.25, -0.2) is 14.2 Å². The number of carbonyl (C=O) groups excluding carboxylic acids is 1. The number of carboxylic acid groups (broad SMARTS) is 1. The molecule has 230 valence electrons. The number of alkyl halides is 3. The van der Waals surface area contributed by atoms with E-state index in [2.05, 4.69) is 17.2 Å². The molecule has 0 saturated heterocycles. The van der Waals surface area contributed by atoms with Crippen LogP contribution in [0.2, 0.25) is 0 Å². The Bertz CT molecular complexity index is 1490. The Kier molecular flexibility index (Phi) is 9.56. The molecule has 1 saturated carbocycles. The van der Waals surface area contributed by atoms with Crippen LogP contribution in [-0.4, -0.2) is 35.1 Å². The van der Waals surface area contributed by atoms with E-state index in [0.29, 0.717) is 18.8 Å². The molecular weight excluding hydrogens is 568 g/mol. The first-order valence-corrected chi connectivity index (χ1v) is 14.1. The average Bonchev–Trinajstić information content (AvgIpc) is 2.94. The molecule has 3 aromatic rings. The second kappa shape index (κ2) is 13.0. The Labute approximate surface area is 247 Å². The lowest BCUT2D eigenvalue weighted by Crippen LogP contribution is -2.43. The van der Waals surface area contributed by atoms with E-state index < -0.39 is 46.8 Å². The fraction of sp³-hybridized carbons (Fsp3) is 0.419. The highest BCUT2D eigenvalue weighted by Gasteiger charge is 2.37. The van der Waals surface area contributed by atoms with Gasteiger partial charge in [-0.3, -0.25) is 4.79 Å². The van der Waals surface area contributed by atoms with E-state index in [1.165, 1.54) is 11.1 Å². The molecule has 0 atom stereocenters. The summed E-state index contributed by atoms with van der Waals surface area (Å²) in [5, 5.41) is 12.9. The number of ether oxygens (including phenoxy) is 1. The van der Waals surface area contributed by atoms with Crippen molar-refractivity contribution >= 4 is 23.3 Å². The zero-order valence-corrected chi connectivity index (χ0v) is 24.4. The maximum Gasteiger partial charge on any atom is 0.421 e. The predicted octanol–water partition coefficient (Wildman–Crippen LogP) is 6.68. The van der Waals surface area contributed by atoms with Crippen LogP contribution in [0.3, 0.4) is 0 Å². The number of nitrogens with one attached hydrogen (secondary N) is 1. The highest BCUT2D eigenvalue weighted by molar-refractivity contribution is 6.03. The van der Waals surface area contributed by atoms with E-state index in [9.17, 15) is 27.9 Å². The molecular formula is C31H35F4N4O4+. The van der Waals surface area contributed by atoms with Crippen molar-refractivity contribution in [2.75, 3.05) is 17.3 Å². The van der Waals surface area contributed by atoms with Crippen LogP contribution in [0.1, 0.15) is 67.9 Å². The fourth-order valence-electron chi connectivity index (χ4n) is 5.30. The van der Waals surface area contributed by atoms with Gasteiger partial charge in [0.05, 0.1) is 16.9 Å². The number of hydrogen-bond acceptors (Lipinski definition) is 5. The summed E-state index contributed by atoms with van der Waals surface area (Å²) in [6, 6.07) is 5.51. The SMILES string of the molecule is CNc1ccc[n+](Cc2cnc(Oc3cc(C(=O)O)c(N(C(=O)C4CCC(C)CC4)C(C)C)cc3F)c(C(F)(F)F)c2)c1. The molecule has 0 bridgehead atoms. The van der Waals surface area contributed by atoms with E-state index in [-0.39, 0.29) is 29.6 Å². The minimum absolute atomic E-state index is 0.0665. The minimum Gasteiger partial charge on any atom is -0.478 e. The van der Waals surface area contributed by atoms with Crippen molar-refractivity contribution in [3.63, 3.8) is 0 Å². The molecule has 2 N–H and O–H groups in total. The maximum absolute atomic E-state index is 15.5. The monoisotopic (exact) mass is 603 g/mol. The Balaban J connectivity index is 1.69. The lowest BCUT2D eigenvalue weighted by Gasteiger charge is -2.34. The summed E-state index contributed by atoms with van der Waals surface area (Å²) in [4.78, 5) is 30.9. The van der Waals surface area contributed by atoms with Crippen molar-refractivity contribution in [3.8, 4) is 11.6 Å². The van der Waals surface area contributed by atoms with E-state index in [0.717, 1.165) is 36.7 Å². The first-order chi connectivity index (χ1) is 20.3. The van der Waals surface area contributed by atoms with Gasteiger partial charge in [-0.15, -0.1) is 0 Å². The van der Waals surface area contributed by atoms with Gasteiger partial charge >= 0.3 is 12.1 Å². The number of aromatic carboxylic acids is 1.